The lowest BCUT2D eigenvalue weighted by atomic mass is 9.98. The van der Waals surface area contributed by atoms with Crippen molar-refractivity contribution >= 4 is 0 Å². The van der Waals surface area contributed by atoms with Gasteiger partial charge >= 0.3 is 0 Å². The molecule has 0 amide bonds. The fourth-order valence-electron chi connectivity index (χ4n) is 2.02. The van der Waals surface area contributed by atoms with Crippen molar-refractivity contribution in [2.45, 2.75) is 25.9 Å². The molecule has 1 aliphatic heterocycles. The van der Waals surface area contributed by atoms with E-state index in [1.54, 1.807) is 6.07 Å². The van der Waals surface area contributed by atoms with Gasteiger partial charge in [-0.1, -0.05) is 18.2 Å². The Hall–Kier alpha value is -1.90. The van der Waals surface area contributed by atoms with Crippen LogP contribution in [0.5, 0.6) is 17.2 Å². The van der Waals surface area contributed by atoms with Crippen LogP contribution in [0.4, 0.5) is 0 Å². The Kier molecular flexibility index (Phi) is 2.84. The molecule has 2 rings (SSSR count). The van der Waals surface area contributed by atoms with E-state index in [1.165, 1.54) is 6.07 Å². The van der Waals surface area contributed by atoms with Crippen molar-refractivity contribution < 1.29 is 14.9 Å². The molecule has 0 radical (unpaired) electrons. The highest BCUT2D eigenvalue weighted by Gasteiger charge is 2.34. The zero-order valence-electron chi connectivity index (χ0n) is 9.97. The van der Waals surface area contributed by atoms with Gasteiger partial charge in [0.1, 0.15) is 11.4 Å². The van der Waals surface area contributed by atoms with Crippen molar-refractivity contribution in [3.63, 3.8) is 0 Å². The highest BCUT2D eigenvalue weighted by molar-refractivity contribution is 5.54. The molecule has 0 aliphatic carbocycles. The molecule has 0 aromatic heterocycles. The standard InChI is InChI=1S/C14H16O3/c1-3-4-5-6-14(2)9-10-7-11(15)8-12(16)13(10)17-14/h3-8,15-16H,9H2,1-2H3. The van der Waals surface area contributed by atoms with Crippen molar-refractivity contribution in [1.82, 2.24) is 0 Å². The summed E-state index contributed by atoms with van der Waals surface area (Å²) < 4.78 is 5.74. The third-order valence-electron chi connectivity index (χ3n) is 2.76. The Labute approximate surface area is 101 Å². The van der Waals surface area contributed by atoms with E-state index in [0.29, 0.717) is 12.2 Å². The summed E-state index contributed by atoms with van der Waals surface area (Å²) in [7, 11) is 0. The van der Waals surface area contributed by atoms with Gasteiger partial charge in [-0.2, -0.15) is 0 Å². The summed E-state index contributed by atoms with van der Waals surface area (Å²) in [6.07, 6.45) is 8.37. The maximum absolute atomic E-state index is 9.69. The van der Waals surface area contributed by atoms with E-state index in [-0.39, 0.29) is 11.5 Å². The molecular weight excluding hydrogens is 216 g/mol. The maximum atomic E-state index is 9.69. The van der Waals surface area contributed by atoms with E-state index in [2.05, 4.69) is 0 Å². The van der Waals surface area contributed by atoms with Gasteiger partial charge in [0.15, 0.2) is 11.5 Å². The minimum Gasteiger partial charge on any atom is -0.508 e. The van der Waals surface area contributed by atoms with Crippen molar-refractivity contribution in [3.05, 3.63) is 42.0 Å². The summed E-state index contributed by atoms with van der Waals surface area (Å²) >= 11 is 0. The summed E-state index contributed by atoms with van der Waals surface area (Å²) in [5.74, 6) is 0.519. The molecule has 0 saturated heterocycles. The number of benzene rings is 1. The number of hydrogen-bond acceptors (Lipinski definition) is 3. The topological polar surface area (TPSA) is 49.7 Å². The maximum Gasteiger partial charge on any atom is 0.165 e. The summed E-state index contributed by atoms with van der Waals surface area (Å²) in [4.78, 5) is 0. The average molecular weight is 232 g/mol. The molecular formula is C14H16O3. The molecule has 1 aromatic carbocycles. The SMILES string of the molecule is CC=CC=CC1(C)Cc2cc(O)cc(O)c2O1. The second-order valence-electron chi connectivity index (χ2n) is 4.43. The van der Waals surface area contributed by atoms with Crippen LogP contribution >= 0.6 is 0 Å². The number of allylic oxidation sites excluding steroid dienone is 3. The van der Waals surface area contributed by atoms with E-state index < -0.39 is 5.60 Å². The predicted molar refractivity (Wildman–Crippen MR) is 66.5 cm³/mol. The van der Waals surface area contributed by atoms with Crippen molar-refractivity contribution in [2.75, 3.05) is 0 Å². The number of aromatic hydroxyl groups is 2. The van der Waals surface area contributed by atoms with Crippen LogP contribution in [0.1, 0.15) is 19.4 Å². The van der Waals surface area contributed by atoms with E-state index in [1.807, 2.05) is 38.2 Å². The first-order valence-electron chi connectivity index (χ1n) is 5.58. The monoisotopic (exact) mass is 232 g/mol. The quantitative estimate of drug-likeness (QED) is 0.771. The first-order valence-corrected chi connectivity index (χ1v) is 5.58. The molecule has 1 atom stereocenters. The van der Waals surface area contributed by atoms with Crippen LogP contribution in [0.2, 0.25) is 0 Å². The second kappa shape index (κ2) is 4.17. The van der Waals surface area contributed by atoms with Gasteiger partial charge < -0.3 is 14.9 Å². The Morgan fingerprint density at radius 1 is 1.29 bits per heavy atom. The van der Waals surface area contributed by atoms with E-state index in [0.717, 1.165) is 5.56 Å². The van der Waals surface area contributed by atoms with Crippen LogP contribution in [0.15, 0.2) is 36.4 Å². The molecule has 0 fully saturated rings. The van der Waals surface area contributed by atoms with Gasteiger partial charge in [-0.3, -0.25) is 0 Å². The number of ether oxygens (including phenoxy) is 1. The Morgan fingerprint density at radius 3 is 2.76 bits per heavy atom. The lowest BCUT2D eigenvalue weighted by Crippen LogP contribution is -2.26. The summed E-state index contributed by atoms with van der Waals surface area (Å²) in [6, 6.07) is 2.92. The van der Waals surface area contributed by atoms with Gasteiger partial charge in [0.2, 0.25) is 0 Å². The zero-order valence-corrected chi connectivity index (χ0v) is 9.97. The highest BCUT2D eigenvalue weighted by atomic mass is 16.5. The second-order valence-corrected chi connectivity index (χ2v) is 4.43. The molecule has 1 aromatic rings. The first-order chi connectivity index (χ1) is 8.04. The molecule has 0 saturated carbocycles. The van der Waals surface area contributed by atoms with Gasteiger partial charge in [-0.15, -0.1) is 0 Å². The molecule has 3 heteroatoms. The van der Waals surface area contributed by atoms with Crippen LogP contribution in [0, 0.1) is 0 Å². The minimum absolute atomic E-state index is 0.0110. The average Bonchev–Trinajstić information content (AvgIpc) is 2.56. The first kappa shape index (κ1) is 11.6. The molecule has 1 aliphatic rings. The van der Waals surface area contributed by atoms with E-state index in [4.69, 9.17) is 4.74 Å². The number of rotatable bonds is 2. The minimum atomic E-state index is -0.465. The number of hydrogen-bond donors (Lipinski definition) is 2. The Bertz CT molecular complexity index is 488. The Morgan fingerprint density at radius 2 is 2.06 bits per heavy atom. The fraction of sp³-hybridized carbons (Fsp3) is 0.286. The molecule has 2 N–H and O–H groups in total. The van der Waals surface area contributed by atoms with Crippen LogP contribution in [0.25, 0.3) is 0 Å². The third kappa shape index (κ3) is 2.28. The molecule has 17 heavy (non-hydrogen) atoms. The lowest BCUT2D eigenvalue weighted by Gasteiger charge is -2.19. The predicted octanol–water partition coefficient (Wildman–Crippen LogP) is 2.92. The van der Waals surface area contributed by atoms with Gasteiger partial charge in [0.25, 0.3) is 0 Å². The fourth-order valence-corrected chi connectivity index (χ4v) is 2.02. The normalized spacial score (nSPS) is 23.2. The molecule has 1 heterocycles. The smallest absolute Gasteiger partial charge is 0.165 e. The largest absolute Gasteiger partial charge is 0.508 e. The van der Waals surface area contributed by atoms with Gasteiger partial charge in [-0.05, 0) is 26.0 Å². The molecule has 0 bridgehead atoms. The number of fused-ring (bicyclic) bond motifs is 1. The molecule has 90 valence electrons. The summed E-state index contributed by atoms with van der Waals surface area (Å²) in [6.45, 7) is 3.89. The van der Waals surface area contributed by atoms with Crippen molar-refractivity contribution in [2.24, 2.45) is 0 Å². The van der Waals surface area contributed by atoms with Gasteiger partial charge in [0.05, 0.1) is 0 Å². The van der Waals surface area contributed by atoms with Gasteiger partial charge in [-0.25, -0.2) is 0 Å². The van der Waals surface area contributed by atoms with E-state index >= 15 is 0 Å². The van der Waals surface area contributed by atoms with Crippen LogP contribution in [-0.4, -0.2) is 15.8 Å². The highest BCUT2D eigenvalue weighted by Crippen LogP contribution is 2.44. The molecule has 0 spiro atoms. The lowest BCUT2D eigenvalue weighted by molar-refractivity contribution is 0.165. The third-order valence-corrected chi connectivity index (χ3v) is 2.76. The summed E-state index contributed by atoms with van der Waals surface area (Å²) in [5.41, 5.74) is 0.364. The number of phenolic OH excluding ortho intramolecular Hbond substituents is 2. The Balaban J connectivity index is 2.29. The van der Waals surface area contributed by atoms with Crippen molar-refractivity contribution in [1.29, 1.82) is 0 Å². The van der Waals surface area contributed by atoms with Crippen LogP contribution in [0.3, 0.4) is 0 Å². The van der Waals surface area contributed by atoms with Crippen molar-refractivity contribution in [3.8, 4) is 17.2 Å². The number of phenols is 2. The zero-order chi connectivity index (χ0) is 12.5. The molecule has 1 unspecified atom stereocenters. The van der Waals surface area contributed by atoms with Gasteiger partial charge in [0, 0.05) is 18.1 Å². The van der Waals surface area contributed by atoms with Crippen LogP contribution < -0.4 is 4.74 Å². The van der Waals surface area contributed by atoms with E-state index in [9.17, 15) is 10.2 Å². The van der Waals surface area contributed by atoms with Crippen LogP contribution in [-0.2, 0) is 6.42 Å². The summed E-state index contributed by atoms with van der Waals surface area (Å²) in [5, 5.41) is 19.1. The molecule has 3 nitrogen and oxygen atoms in total.